The first-order chi connectivity index (χ1) is 11.4. The quantitative estimate of drug-likeness (QED) is 0.828. The van der Waals surface area contributed by atoms with E-state index in [0.29, 0.717) is 12.4 Å². The van der Waals surface area contributed by atoms with Crippen molar-refractivity contribution in [2.75, 3.05) is 39.3 Å². The van der Waals surface area contributed by atoms with E-state index in [1.54, 1.807) is 0 Å². The van der Waals surface area contributed by atoms with Gasteiger partial charge in [-0.25, -0.2) is 4.79 Å². The summed E-state index contributed by atoms with van der Waals surface area (Å²) < 4.78 is 5.35. The third-order valence-electron chi connectivity index (χ3n) is 4.74. The van der Waals surface area contributed by atoms with Gasteiger partial charge >= 0.3 is 6.03 Å². The Morgan fingerprint density at radius 1 is 1.00 bits per heavy atom. The molecule has 2 aliphatic heterocycles. The Hall–Kier alpha value is -1.63. The fraction of sp³-hybridized carbons (Fsp3) is 0.824. The van der Waals surface area contributed by atoms with Gasteiger partial charge in [-0.3, -0.25) is 4.90 Å². The molecule has 0 unspecified atom stereocenters. The number of nitrogens with zero attached hydrogens (tertiary/aromatic N) is 5. The first-order valence-corrected chi connectivity index (χ1v) is 9.03. The van der Waals surface area contributed by atoms with Gasteiger partial charge in [-0.05, 0) is 19.3 Å². The average Bonchev–Trinajstić information content (AvgIpc) is 3.05. The van der Waals surface area contributed by atoms with Crippen molar-refractivity contribution in [3.8, 4) is 0 Å². The van der Waals surface area contributed by atoms with Crippen LogP contribution in [0.15, 0.2) is 4.52 Å². The molecule has 2 aliphatic rings. The SMILES string of the molecule is CC(C)(C)c1nc(CN2CCN(C(=O)N3CCCCC3)CC2)no1. The molecule has 0 saturated carbocycles. The molecule has 0 spiro atoms. The lowest BCUT2D eigenvalue weighted by molar-refractivity contribution is 0.103. The van der Waals surface area contributed by atoms with E-state index in [1.807, 2.05) is 9.80 Å². The van der Waals surface area contributed by atoms with Gasteiger partial charge in [0.15, 0.2) is 5.82 Å². The Morgan fingerprint density at radius 3 is 2.21 bits per heavy atom. The van der Waals surface area contributed by atoms with E-state index in [0.717, 1.165) is 57.9 Å². The van der Waals surface area contributed by atoms with Crippen LogP contribution in [0.5, 0.6) is 0 Å². The minimum atomic E-state index is -0.120. The maximum Gasteiger partial charge on any atom is 0.320 e. The fourth-order valence-corrected chi connectivity index (χ4v) is 3.21. The third-order valence-corrected chi connectivity index (χ3v) is 4.74. The van der Waals surface area contributed by atoms with E-state index in [1.165, 1.54) is 6.42 Å². The van der Waals surface area contributed by atoms with E-state index < -0.39 is 0 Å². The van der Waals surface area contributed by atoms with Crippen LogP contribution < -0.4 is 0 Å². The minimum absolute atomic E-state index is 0.120. The first-order valence-electron chi connectivity index (χ1n) is 9.03. The van der Waals surface area contributed by atoms with Crippen molar-refractivity contribution in [2.24, 2.45) is 0 Å². The molecule has 0 aromatic carbocycles. The predicted octanol–water partition coefficient (Wildman–Crippen LogP) is 2.09. The second kappa shape index (κ2) is 7.09. The van der Waals surface area contributed by atoms with Crippen LogP contribution in [0, 0.1) is 0 Å². The Kier molecular flexibility index (Phi) is 5.08. The molecular weight excluding hydrogens is 306 g/mol. The van der Waals surface area contributed by atoms with Crippen LogP contribution in [-0.2, 0) is 12.0 Å². The second-order valence-corrected chi connectivity index (χ2v) is 7.86. The molecule has 7 heteroatoms. The van der Waals surface area contributed by atoms with Gasteiger partial charge in [0.2, 0.25) is 5.89 Å². The zero-order valence-electron chi connectivity index (χ0n) is 15.1. The van der Waals surface area contributed by atoms with Crippen molar-refractivity contribution in [1.29, 1.82) is 0 Å². The number of piperidine rings is 1. The van der Waals surface area contributed by atoms with E-state index in [2.05, 4.69) is 35.8 Å². The highest BCUT2D eigenvalue weighted by molar-refractivity contribution is 5.74. The molecule has 0 N–H and O–H groups in total. The molecule has 3 heterocycles. The molecule has 2 amide bonds. The number of hydrogen-bond acceptors (Lipinski definition) is 5. The lowest BCUT2D eigenvalue weighted by atomic mass is 9.97. The number of hydrogen-bond donors (Lipinski definition) is 0. The van der Waals surface area contributed by atoms with Crippen LogP contribution in [0.1, 0.15) is 51.7 Å². The highest BCUT2D eigenvalue weighted by atomic mass is 16.5. The summed E-state index contributed by atoms with van der Waals surface area (Å²) in [6, 6.07) is 0.212. The summed E-state index contributed by atoms with van der Waals surface area (Å²) in [6.07, 6.45) is 3.53. The topological polar surface area (TPSA) is 65.7 Å². The van der Waals surface area contributed by atoms with Crippen molar-refractivity contribution in [3.63, 3.8) is 0 Å². The Bertz CT molecular complexity index is 552. The van der Waals surface area contributed by atoms with Crippen LogP contribution in [0.2, 0.25) is 0 Å². The van der Waals surface area contributed by atoms with Crippen LogP contribution in [0.4, 0.5) is 4.79 Å². The van der Waals surface area contributed by atoms with Crippen molar-refractivity contribution in [3.05, 3.63) is 11.7 Å². The maximum atomic E-state index is 12.5. The Balaban J connectivity index is 1.48. The van der Waals surface area contributed by atoms with E-state index in [-0.39, 0.29) is 11.4 Å². The lowest BCUT2D eigenvalue weighted by Crippen LogP contribution is -2.53. The molecule has 1 aromatic heterocycles. The van der Waals surface area contributed by atoms with Crippen LogP contribution in [0.3, 0.4) is 0 Å². The summed E-state index contributed by atoms with van der Waals surface area (Å²) in [5.74, 6) is 1.41. The molecular formula is C17H29N5O2. The molecule has 2 fully saturated rings. The number of urea groups is 1. The number of amides is 2. The van der Waals surface area contributed by atoms with Crippen LogP contribution in [0.25, 0.3) is 0 Å². The summed E-state index contributed by atoms with van der Waals surface area (Å²) in [7, 11) is 0. The number of carbonyl (C=O) groups is 1. The molecule has 1 aromatic rings. The van der Waals surface area contributed by atoms with Crippen molar-refractivity contribution in [2.45, 2.75) is 52.0 Å². The predicted molar refractivity (Wildman–Crippen MR) is 90.7 cm³/mol. The zero-order chi connectivity index (χ0) is 17.2. The average molecular weight is 335 g/mol. The third kappa shape index (κ3) is 4.06. The molecule has 7 nitrogen and oxygen atoms in total. The zero-order valence-corrected chi connectivity index (χ0v) is 15.1. The summed E-state index contributed by atoms with van der Waals surface area (Å²) in [4.78, 5) is 23.3. The number of carbonyl (C=O) groups excluding carboxylic acids is 1. The van der Waals surface area contributed by atoms with E-state index >= 15 is 0 Å². The van der Waals surface area contributed by atoms with Gasteiger partial charge < -0.3 is 14.3 Å². The number of aromatic nitrogens is 2. The molecule has 24 heavy (non-hydrogen) atoms. The monoisotopic (exact) mass is 335 g/mol. The minimum Gasteiger partial charge on any atom is -0.339 e. The standard InChI is InChI=1S/C17H29N5O2/c1-17(2,3)15-18-14(19-24-15)13-20-9-11-22(12-10-20)16(23)21-7-5-4-6-8-21/h4-13H2,1-3H3. The van der Waals surface area contributed by atoms with Crippen molar-refractivity contribution < 1.29 is 9.32 Å². The number of likely N-dealkylation sites (tertiary alicyclic amines) is 1. The lowest BCUT2D eigenvalue weighted by Gasteiger charge is -2.38. The molecule has 3 rings (SSSR count). The largest absolute Gasteiger partial charge is 0.339 e. The van der Waals surface area contributed by atoms with Gasteiger partial charge in [0.25, 0.3) is 0 Å². The van der Waals surface area contributed by atoms with Gasteiger partial charge in [-0.2, -0.15) is 4.98 Å². The molecule has 0 atom stereocenters. The summed E-state index contributed by atoms with van der Waals surface area (Å²) in [5.41, 5.74) is -0.120. The highest BCUT2D eigenvalue weighted by Gasteiger charge is 2.27. The summed E-state index contributed by atoms with van der Waals surface area (Å²) in [6.45, 7) is 12.0. The van der Waals surface area contributed by atoms with Gasteiger partial charge in [-0.1, -0.05) is 25.9 Å². The molecule has 134 valence electrons. The Labute approximate surface area is 144 Å². The molecule has 2 saturated heterocycles. The van der Waals surface area contributed by atoms with E-state index in [9.17, 15) is 4.79 Å². The Morgan fingerprint density at radius 2 is 1.62 bits per heavy atom. The number of piperazine rings is 1. The van der Waals surface area contributed by atoms with Crippen LogP contribution >= 0.6 is 0 Å². The van der Waals surface area contributed by atoms with Gasteiger partial charge in [0.1, 0.15) is 0 Å². The molecule has 0 aliphatic carbocycles. The molecule has 0 bridgehead atoms. The van der Waals surface area contributed by atoms with Crippen molar-refractivity contribution in [1.82, 2.24) is 24.8 Å². The normalized spacial score (nSPS) is 20.5. The van der Waals surface area contributed by atoms with E-state index in [4.69, 9.17) is 4.52 Å². The highest BCUT2D eigenvalue weighted by Crippen LogP contribution is 2.20. The number of rotatable bonds is 2. The summed E-state index contributed by atoms with van der Waals surface area (Å²) in [5, 5.41) is 4.09. The molecule has 0 radical (unpaired) electrons. The van der Waals surface area contributed by atoms with Gasteiger partial charge in [0.05, 0.1) is 6.54 Å². The van der Waals surface area contributed by atoms with Crippen LogP contribution in [-0.4, -0.2) is 70.1 Å². The first kappa shape index (κ1) is 17.2. The fourth-order valence-electron chi connectivity index (χ4n) is 3.21. The van der Waals surface area contributed by atoms with Gasteiger partial charge in [0, 0.05) is 44.7 Å². The van der Waals surface area contributed by atoms with Crippen molar-refractivity contribution >= 4 is 6.03 Å². The second-order valence-electron chi connectivity index (χ2n) is 7.86. The summed E-state index contributed by atoms with van der Waals surface area (Å²) >= 11 is 0. The van der Waals surface area contributed by atoms with Gasteiger partial charge in [-0.15, -0.1) is 0 Å². The maximum absolute atomic E-state index is 12.5. The smallest absolute Gasteiger partial charge is 0.320 e.